The summed E-state index contributed by atoms with van der Waals surface area (Å²) < 4.78 is 6.54. The van der Waals surface area contributed by atoms with Crippen LogP contribution in [0.1, 0.15) is 38.8 Å². The first kappa shape index (κ1) is 25.5. The van der Waals surface area contributed by atoms with E-state index in [9.17, 15) is 9.59 Å². The summed E-state index contributed by atoms with van der Waals surface area (Å²) in [7, 11) is 1.53. The van der Waals surface area contributed by atoms with E-state index in [4.69, 9.17) is 27.9 Å². The fourth-order valence-corrected chi connectivity index (χ4v) is 3.89. The normalized spacial score (nSPS) is 12.3. The highest BCUT2D eigenvalue weighted by Gasteiger charge is 2.27. The Balaban J connectivity index is 2.20. The molecule has 2 aromatic rings. The van der Waals surface area contributed by atoms with Gasteiger partial charge in [0.25, 0.3) is 5.91 Å². The van der Waals surface area contributed by atoms with Crippen molar-refractivity contribution in [2.45, 2.75) is 45.7 Å². The Bertz CT molecular complexity index is 960. The van der Waals surface area contributed by atoms with Gasteiger partial charge in [-0.2, -0.15) is 0 Å². The van der Waals surface area contributed by atoms with E-state index in [0.717, 1.165) is 10.0 Å². The Labute approximate surface area is 202 Å². The van der Waals surface area contributed by atoms with Gasteiger partial charge in [0.05, 0.1) is 4.47 Å². The van der Waals surface area contributed by atoms with Crippen LogP contribution in [0.25, 0.3) is 0 Å². The predicted molar refractivity (Wildman–Crippen MR) is 129 cm³/mol. The number of hydrogen-bond acceptors (Lipinski definition) is 3. The highest BCUT2D eigenvalue weighted by Crippen LogP contribution is 2.31. The number of hydrogen-bond donors (Lipinski definition) is 1. The third-order valence-electron chi connectivity index (χ3n) is 4.92. The zero-order chi connectivity index (χ0) is 23.3. The maximum atomic E-state index is 13.0. The number of ether oxygens (including phenoxy) is 1. The molecule has 0 aromatic heterocycles. The van der Waals surface area contributed by atoms with Gasteiger partial charge in [-0.15, -0.1) is 0 Å². The number of amides is 2. The molecule has 1 N–H and O–H groups in total. The van der Waals surface area contributed by atoms with Crippen molar-refractivity contribution in [3.05, 3.63) is 62.0 Å². The number of rotatable bonds is 7. The second-order valence-electron chi connectivity index (χ2n) is 8.23. The average Bonchev–Trinajstić information content (AvgIpc) is 2.70. The molecule has 2 amide bonds. The molecule has 0 spiro atoms. The molecular formula is C23H27BrCl2N2O3. The summed E-state index contributed by atoms with van der Waals surface area (Å²) in [6.45, 7) is 7.96. The molecule has 5 nitrogen and oxygen atoms in total. The van der Waals surface area contributed by atoms with Crippen LogP contribution in [0.4, 0.5) is 0 Å². The second kappa shape index (κ2) is 10.7. The van der Waals surface area contributed by atoms with Gasteiger partial charge < -0.3 is 15.0 Å². The molecule has 168 valence electrons. The average molecular weight is 530 g/mol. The van der Waals surface area contributed by atoms with Gasteiger partial charge in [0.15, 0.2) is 6.61 Å². The van der Waals surface area contributed by atoms with Crippen molar-refractivity contribution in [3.8, 4) is 5.75 Å². The molecule has 0 bridgehead atoms. The number of carbonyl (C=O) groups is 2. The molecule has 0 aliphatic heterocycles. The number of likely N-dealkylation sites (N-methyl/N-ethyl adjacent to an activating group) is 1. The zero-order valence-corrected chi connectivity index (χ0v) is 21.4. The highest BCUT2D eigenvalue weighted by atomic mass is 79.9. The summed E-state index contributed by atoms with van der Waals surface area (Å²) in [6.07, 6.45) is 0. The van der Waals surface area contributed by atoms with Crippen molar-refractivity contribution in [2.75, 3.05) is 13.7 Å². The summed E-state index contributed by atoms with van der Waals surface area (Å²) in [5.74, 6) is -0.0681. The summed E-state index contributed by atoms with van der Waals surface area (Å²) in [5.41, 5.74) is 1.82. The number of benzene rings is 2. The molecule has 0 saturated carbocycles. The summed E-state index contributed by atoms with van der Waals surface area (Å²) in [4.78, 5) is 26.7. The zero-order valence-electron chi connectivity index (χ0n) is 18.3. The van der Waals surface area contributed by atoms with Gasteiger partial charge in [-0.05, 0) is 63.7 Å². The van der Waals surface area contributed by atoms with Crippen molar-refractivity contribution in [2.24, 2.45) is 0 Å². The molecular weight excluding hydrogens is 503 g/mol. The Morgan fingerprint density at radius 1 is 1.16 bits per heavy atom. The molecule has 0 saturated heterocycles. The van der Waals surface area contributed by atoms with Crippen LogP contribution >= 0.6 is 39.1 Å². The molecule has 1 unspecified atom stereocenters. The lowest BCUT2D eigenvalue weighted by Gasteiger charge is -2.28. The largest absolute Gasteiger partial charge is 0.483 e. The Kier molecular flexibility index (Phi) is 8.81. The van der Waals surface area contributed by atoms with E-state index in [1.165, 1.54) is 11.9 Å². The minimum atomic E-state index is -0.709. The van der Waals surface area contributed by atoms with Gasteiger partial charge in [-0.3, -0.25) is 9.59 Å². The quantitative estimate of drug-likeness (QED) is 0.508. The van der Waals surface area contributed by atoms with Crippen LogP contribution in [0.3, 0.4) is 0 Å². The van der Waals surface area contributed by atoms with Crippen LogP contribution in [-0.4, -0.2) is 36.4 Å². The molecule has 2 rings (SSSR count). The Morgan fingerprint density at radius 3 is 2.39 bits per heavy atom. The van der Waals surface area contributed by atoms with Gasteiger partial charge in [-0.1, -0.05) is 56.1 Å². The molecule has 0 aliphatic carbocycles. The predicted octanol–water partition coefficient (Wildman–Crippen LogP) is 5.60. The van der Waals surface area contributed by atoms with Crippen LogP contribution < -0.4 is 10.1 Å². The molecule has 1 atom stereocenters. The molecule has 2 aromatic carbocycles. The van der Waals surface area contributed by atoms with Crippen molar-refractivity contribution in [3.63, 3.8) is 0 Å². The summed E-state index contributed by atoms with van der Waals surface area (Å²) in [6, 6.07) is 10.1. The number of nitrogens with one attached hydrogen (secondary N) is 1. The first-order valence-electron chi connectivity index (χ1n) is 9.82. The van der Waals surface area contributed by atoms with E-state index in [2.05, 4.69) is 42.0 Å². The van der Waals surface area contributed by atoms with E-state index in [1.807, 2.05) is 18.2 Å². The summed E-state index contributed by atoms with van der Waals surface area (Å²) in [5, 5.41) is 3.50. The van der Waals surface area contributed by atoms with Gasteiger partial charge in [-0.25, -0.2) is 0 Å². The first-order valence-corrected chi connectivity index (χ1v) is 11.4. The maximum absolute atomic E-state index is 13.0. The molecule has 8 heteroatoms. The van der Waals surface area contributed by atoms with Crippen molar-refractivity contribution < 1.29 is 14.3 Å². The summed E-state index contributed by atoms with van der Waals surface area (Å²) >= 11 is 15.8. The maximum Gasteiger partial charge on any atom is 0.261 e. The third-order valence-corrected chi connectivity index (χ3v) is 6.13. The van der Waals surface area contributed by atoms with E-state index in [-0.39, 0.29) is 30.4 Å². The third kappa shape index (κ3) is 6.86. The number of halogens is 3. The minimum Gasteiger partial charge on any atom is -0.483 e. The second-order valence-corrected chi connectivity index (χ2v) is 9.93. The number of nitrogens with zero attached hydrogens (tertiary/aromatic N) is 1. The lowest BCUT2D eigenvalue weighted by Crippen LogP contribution is -2.48. The van der Waals surface area contributed by atoms with E-state index < -0.39 is 6.04 Å². The van der Waals surface area contributed by atoms with Crippen LogP contribution in [0.15, 0.2) is 40.9 Å². The molecule has 0 aliphatic rings. The molecule has 0 heterocycles. The minimum absolute atomic E-state index is 0.00549. The van der Waals surface area contributed by atoms with E-state index in [0.29, 0.717) is 21.4 Å². The van der Waals surface area contributed by atoms with Gasteiger partial charge in [0.2, 0.25) is 5.91 Å². The van der Waals surface area contributed by atoms with Gasteiger partial charge in [0, 0.05) is 23.6 Å². The SMILES string of the molecule is CNC(=O)C(C)N(Cc1ccc(Cl)cc1Cl)C(=O)COc1ccc(C(C)(C)C)cc1Br. The molecule has 0 fully saturated rings. The lowest BCUT2D eigenvalue weighted by atomic mass is 9.87. The van der Waals surface area contributed by atoms with Crippen molar-refractivity contribution >= 4 is 50.9 Å². The van der Waals surface area contributed by atoms with Crippen LogP contribution in [0.5, 0.6) is 5.75 Å². The van der Waals surface area contributed by atoms with Crippen LogP contribution in [-0.2, 0) is 21.5 Å². The molecule has 0 radical (unpaired) electrons. The highest BCUT2D eigenvalue weighted by molar-refractivity contribution is 9.10. The Morgan fingerprint density at radius 2 is 1.84 bits per heavy atom. The topological polar surface area (TPSA) is 58.6 Å². The fourth-order valence-electron chi connectivity index (χ4n) is 2.93. The van der Waals surface area contributed by atoms with Gasteiger partial charge >= 0.3 is 0 Å². The lowest BCUT2D eigenvalue weighted by molar-refractivity contribution is -0.142. The fraction of sp³-hybridized carbons (Fsp3) is 0.391. The number of carbonyl (C=O) groups excluding carboxylic acids is 2. The molecule has 31 heavy (non-hydrogen) atoms. The van der Waals surface area contributed by atoms with Crippen molar-refractivity contribution in [1.29, 1.82) is 0 Å². The standard InChI is InChI=1S/C23H27BrCl2N2O3/c1-14(22(30)27-5)28(12-15-6-8-17(25)11-19(15)26)21(29)13-31-20-9-7-16(10-18(20)24)23(2,3)4/h6-11,14H,12-13H2,1-5H3,(H,27,30). The van der Waals surface area contributed by atoms with E-state index in [1.54, 1.807) is 25.1 Å². The van der Waals surface area contributed by atoms with E-state index >= 15 is 0 Å². The van der Waals surface area contributed by atoms with Crippen LogP contribution in [0.2, 0.25) is 10.0 Å². The van der Waals surface area contributed by atoms with Gasteiger partial charge in [0.1, 0.15) is 11.8 Å². The smallest absolute Gasteiger partial charge is 0.261 e. The first-order chi connectivity index (χ1) is 14.4. The monoisotopic (exact) mass is 528 g/mol. The Hall–Kier alpha value is -1.76. The van der Waals surface area contributed by atoms with Crippen LogP contribution in [0, 0.1) is 0 Å². The van der Waals surface area contributed by atoms with Crippen molar-refractivity contribution in [1.82, 2.24) is 10.2 Å².